The highest BCUT2D eigenvalue weighted by Crippen LogP contribution is 2.25. The smallest absolute Gasteiger partial charge is 0.119 e. The topological polar surface area (TPSA) is 44.5 Å². The van der Waals surface area contributed by atoms with E-state index in [2.05, 4.69) is 18.2 Å². The summed E-state index contributed by atoms with van der Waals surface area (Å²) >= 11 is 0. The van der Waals surface area contributed by atoms with Gasteiger partial charge in [-0.2, -0.15) is 0 Å². The van der Waals surface area contributed by atoms with Crippen LogP contribution in [-0.4, -0.2) is 25.9 Å². The van der Waals surface area contributed by atoms with Gasteiger partial charge in [0, 0.05) is 19.6 Å². The van der Waals surface area contributed by atoms with Gasteiger partial charge >= 0.3 is 0 Å². The Balaban J connectivity index is 1.82. The van der Waals surface area contributed by atoms with Gasteiger partial charge in [-0.1, -0.05) is 6.07 Å². The Kier molecular flexibility index (Phi) is 5.67. The molecule has 1 aromatic carbocycles. The van der Waals surface area contributed by atoms with Gasteiger partial charge in [0.25, 0.3) is 0 Å². The quantitative estimate of drug-likeness (QED) is 0.822. The number of fused-ring (bicyclic) bond motifs is 1. The number of hydrogen-bond donors (Lipinski definition) is 1. The number of hydrogen-bond acceptors (Lipinski definition) is 3. The lowest BCUT2D eigenvalue weighted by atomic mass is 9.92. The lowest BCUT2D eigenvalue weighted by Gasteiger charge is -2.18. The Bertz CT molecular complexity index is 392. The molecule has 1 unspecified atom stereocenters. The Hall–Kier alpha value is -1.06. The van der Waals surface area contributed by atoms with Crippen molar-refractivity contribution in [1.29, 1.82) is 0 Å². The van der Waals surface area contributed by atoms with Crippen molar-refractivity contribution >= 4 is 0 Å². The van der Waals surface area contributed by atoms with Crippen molar-refractivity contribution in [3.05, 3.63) is 29.3 Å². The van der Waals surface area contributed by atoms with Crippen LogP contribution in [0.2, 0.25) is 0 Å². The summed E-state index contributed by atoms with van der Waals surface area (Å²) < 4.78 is 11.3. The van der Waals surface area contributed by atoms with Crippen LogP contribution in [0.15, 0.2) is 18.2 Å². The van der Waals surface area contributed by atoms with Crippen LogP contribution in [0.4, 0.5) is 0 Å². The first kappa shape index (κ1) is 14.4. The third-order valence-corrected chi connectivity index (χ3v) is 3.69. The van der Waals surface area contributed by atoms with E-state index in [0.29, 0.717) is 19.8 Å². The molecule has 1 atom stereocenters. The minimum atomic E-state index is 0.114. The second-order valence-electron chi connectivity index (χ2n) is 5.09. The second kappa shape index (κ2) is 7.51. The Morgan fingerprint density at radius 1 is 1.21 bits per heavy atom. The largest absolute Gasteiger partial charge is 0.493 e. The molecule has 1 aliphatic rings. The Morgan fingerprint density at radius 2 is 2.00 bits per heavy atom. The minimum Gasteiger partial charge on any atom is -0.493 e. The van der Waals surface area contributed by atoms with Crippen LogP contribution >= 0.6 is 0 Å². The van der Waals surface area contributed by atoms with E-state index in [9.17, 15) is 0 Å². The van der Waals surface area contributed by atoms with E-state index < -0.39 is 0 Å². The molecule has 2 N–H and O–H groups in total. The maximum absolute atomic E-state index is 5.82. The summed E-state index contributed by atoms with van der Waals surface area (Å²) in [6.07, 6.45) is 5.99. The summed E-state index contributed by atoms with van der Waals surface area (Å²) in [6.45, 7) is 3.93. The molecule has 0 bridgehead atoms. The van der Waals surface area contributed by atoms with Gasteiger partial charge < -0.3 is 15.2 Å². The fraction of sp³-hybridized carbons (Fsp3) is 0.625. The number of ether oxygens (including phenoxy) is 2. The summed E-state index contributed by atoms with van der Waals surface area (Å²) in [5.74, 6) is 0.980. The van der Waals surface area contributed by atoms with Crippen LogP contribution in [-0.2, 0) is 17.6 Å². The lowest BCUT2D eigenvalue weighted by Crippen LogP contribution is -2.25. The summed E-state index contributed by atoms with van der Waals surface area (Å²) in [5, 5.41) is 0. The van der Waals surface area contributed by atoms with Gasteiger partial charge in [0.15, 0.2) is 0 Å². The molecule has 0 saturated heterocycles. The molecule has 0 aromatic heterocycles. The molecule has 0 radical (unpaired) electrons. The van der Waals surface area contributed by atoms with E-state index in [1.165, 1.54) is 36.8 Å². The zero-order chi connectivity index (χ0) is 13.5. The van der Waals surface area contributed by atoms with Crippen LogP contribution in [0, 0.1) is 0 Å². The van der Waals surface area contributed by atoms with Gasteiger partial charge in [-0.3, -0.25) is 0 Å². The molecule has 1 aromatic rings. The van der Waals surface area contributed by atoms with Crippen molar-refractivity contribution in [1.82, 2.24) is 0 Å². The summed E-state index contributed by atoms with van der Waals surface area (Å²) in [7, 11) is 0. The molecule has 3 heteroatoms. The standard InChI is InChI=1S/C16H25NO2/c1-2-18-16(12-17)9-10-19-15-8-7-13-5-3-4-6-14(13)11-15/h7-8,11,16H,2-6,9-10,12,17H2,1H3. The van der Waals surface area contributed by atoms with Crippen LogP contribution in [0.1, 0.15) is 37.3 Å². The van der Waals surface area contributed by atoms with Gasteiger partial charge in [0.1, 0.15) is 5.75 Å². The van der Waals surface area contributed by atoms with Crippen LogP contribution < -0.4 is 10.5 Å². The monoisotopic (exact) mass is 263 g/mol. The van der Waals surface area contributed by atoms with E-state index in [1.807, 2.05) is 6.92 Å². The number of aryl methyl sites for hydroxylation is 2. The molecule has 0 amide bonds. The van der Waals surface area contributed by atoms with Gasteiger partial charge in [-0.25, -0.2) is 0 Å². The highest BCUT2D eigenvalue weighted by Gasteiger charge is 2.10. The molecule has 19 heavy (non-hydrogen) atoms. The van der Waals surface area contributed by atoms with Gasteiger partial charge in [0.05, 0.1) is 12.7 Å². The molecule has 0 aliphatic heterocycles. The average molecular weight is 263 g/mol. The predicted octanol–water partition coefficient (Wildman–Crippen LogP) is 2.70. The first-order valence-corrected chi connectivity index (χ1v) is 7.39. The van der Waals surface area contributed by atoms with Gasteiger partial charge in [-0.15, -0.1) is 0 Å². The number of benzene rings is 1. The van der Waals surface area contributed by atoms with Gasteiger partial charge in [-0.05, 0) is 55.9 Å². The molecule has 0 fully saturated rings. The fourth-order valence-corrected chi connectivity index (χ4v) is 2.61. The molecule has 3 nitrogen and oxygen atoms in total. The number of nitrogens with two attached hydrogens (primary N) is 1. The molecule has 0 heterocycles. The summed E-state index contributed by atoms with van der Waals surface area (Å²) in [4.78, 5) is 0. The predicted molar refractivity (Wildman–Crippen MR) is 77.7 cm³/mol. The van der Waals surface area contributed by atoms with Crippen molar-refractivity contribution in [3.8, 4) is 5.75 Å². The Labute approximate surface area is 116 Å². The lowest BCUT2D eigenvalue weighted by molar-refractivity contribution is 0.0527. The van der Waals surface area contributed by atoms with Crippen molar-refractivity contribution in [3.63, 3.8) is 0 Å². The highest BCUT2D eigenvalue weighted by molar-refractivity contribution is 5.37. The molecule has 1 aliphatic carbocycles. The second-order valence-corrected chi connectivity index (χ2v) is 5.09. The first-order chi connectivity index (χ1) is 9.33. The SMILES string of the molecule is CCOC(CN)CCOc1ccc2c(c1)CCCC2. The van der Waals surface area contributed by atoms with E-state index in [0.717, 1.165) is 12.2 Å². The maximum Gasteiger partial charge on any atom is 0.119 e. The molecular weight excluding hydrogens is 238 g/mol. The van der Waals surface area contributed by atoms with E-state index >= 15 is 0 Å². The average Bonchev–Trinajstić information content (AvgIpc) is 2.46. The van der Waals surface area contributed by atoms with Crippen LogP contribution in [0.25, 0.3) is 0 Å². The molecule has 0 spiro atoms. The number of rotatable bonds is 7. The fourth-order valence-electron chi connectivity index (χ4n) is 2.61. The van der Waals surface area contributed by atoms with Crippen LogP contribution in [0.5, 0.6) is 5.75 Å². The third kappa shape index (κ3) is 4.22. The zero-order valence-corrected chi connectivity index (χ0v) is 11.9. The summed E-state index contributed by atoms with van der Waals surface area (Å²) in [5.41, 5.74) is 8.60. The van der Waals surface area contributed by atoms with Gasteiger partial charge in [0.2, 0.25) is 0 Å². The summed E-state index contributed by atoms with van der Waals surface area (Å²) in [6, 6.07) is 6.50. The highest BCUT2D eigenvalue weighted by atomic mass is 16.5. The Morgan fingerprint density at radius 3 is 2.74 bits per heavy atom. The van der Waals surface area contributed by atoms with Crippen molar-refractivity contribution < 1.29 is 9.47 Å². The van der Waals surface area contributed by atoms with Crippen molar-refractivity contribution in [2.24, 2.45) is 5.73 Å². The third-order valence-electron chi connectivity index (χ3n) is 3.69. The minimum absolute atomic E-state index is 0.114. The van der Waals surface area contributed by atoms with Crippen molar-refractivity contribution in [2.75, 3.05) is 19.8 Å². The van der Waals surface area contributed by atoms with E-state index in [-0.39, 0.29) is 6.10 Å². The van der Waals surface area contributed by atoms with E-state index in [1.54, 1.807) is 0 Å². The zero-order valence-electron chi connectivity index (χ0n) is 11.9. The molecule has 0 saturated carbocycles. The molecule has 106 valence electrons. The molecular formula is C16H25NO2. The van der Waals surface area contributed by atoms with Crippen molar-refractivity contribution in [2.45, 2.75) is 45.1 Å². The normalized spacial score (nSPS) is 15.9. The first-order valence-electron chi connectivity index (χ1n) is 7.39. The van der Waals surface area contributed by atoms with Crippen LogP contribution in [0.3, 0.4) is 0 Å². The molecule has 2 rings (SSSR count). The maximum atomic E-state index is 5.82. The van der Waals surface area contributed by atoms with E-state index in [4.69, 9.17) is 15.2 Å².